The molecule has 1 aromatic rings. The summed E-state index contributed by atoms with van der Waals surface area (Å²) in [4.78, 5) is 2.29. The third-order valence-electron chi connectivity index (χ3n) is 2.67. The van der Waals surface area contributed by atoms with Gasteiger partial charge in [-0.2, -0.15) is 0 Å². The van der Waals surface area contributed by atoms with E-state index in [4.69, 9.17) is 9.47 Å². The molecule has 0 spiro atoms. The van der Waals surface area contributed by atoms with Crippen LogP contribution in [-0.2, 0) is 4.74 Å². The second-order valence-electron chi connectivity index (χ2n) is 3.88. The van der Waals surface area contributed by atoms with Crippen molar-refractivity contribution in [2.75, 3.05) is 39.5 Å². The van der Waals surface area contributed by atoms with Crippen LogP contribution in [0.1, 0.15) is 0 Å². The Bertz CT molecular complexity index is 370. The average Bonchev–Trinajstić information content (AvgIpc) is 2.35. The highest BCUT2D eigenvalue weighted by Crippen LogP contribution is 2.21. The van der Waals surface area contributed by atoms with Gasteiger partial charge < -0.3 is 9.47 Å². The summed E-state index contributed by atoms with van der Waals surface area (Å²) in [7, 11) is 0. The van der Waals surface area contributed by atoms with Gasteiger partial charge in [0.15, 0.2) is 0 Å². The molecule has 0 saturated carbocycles. The molecule has 0 unspecified atom stereocenters. The average molecular weight is 304 g/mol. The van der Waals surface area contributed by atoms with E-state index in [-0.39, 0.29) is 5.82 Å². The van der Waals surface area contributed by atoms with Crippen LogP contribution in [0.2, 0.25) is 0 Å². The zero-order chi connectivity index (χ0) is 12.1. The van der Waals surface area contributed by atoms with Gasteiger partial charge in [0, 0.05) is 19.6 Å². The second kappa shape index (κ2) is 6.33. The molecule has 3 nitrogen and oxygen atoms in total. The van der Waals surface area contributed by atoms with Crippen molar-refractivity contribution in [3.63, 3.8) is 0 Å². The van der Waals surface area contributed by atoms with Gasteiger partial charge in [0.25, 0.3) is 0 Å². The Morgan fingerprint density at radius 3 is 2.82 bits per heavy atom. The summed E-state index contributed by atoms with van der Waals surface area (Å²) in [5, 5.41) is 0. The molecular formula is C12H15BrFNO2. The predicted molar refractivity (Wildman–Crippen MR) is 66.9 cm³/mol. The van der Waals surface area contributed by atoms with Gasteiger partial charge in [0.05, 0.1) is 17.7 Å². The zero-order valence-electron chi connectivity index (χ0n) is 9.49. The number of halogens is 2. The van der Waals surface area contributed by atoms with E-state index in [2.05, 4.69) is 20.8 Å². The number of nitrogens with zero attached hydrogens (tertiary/aromatic N) is 1. The summed E-state index contributed by atoms with van der Waals surface area (Å²) in [6.45, 7) is 4.98. The molecule has 1 aliphatic rings. The van der Waals surface area contributed by atoms with Crippen molar-refractivity contribution < 1.29 is 13.9 Å². The highest BCUT2D eigenvalue weighted by atomic mass is 79.9. The molecule has 0 radical (unpaired) electrons. The first-order valence-electron chi connectivity index (χ1n) is 5.63. The predicted octanol–water partition coefficient (Wildman–Crippen LogP) is 2.30. The molecule has 2 rings (SSSR count). The van der Waals surface area contributed by atoms with Crippen LogP contribution in [0, 0.1) is 5.82 Å². The largest absolute Gasteiger partial charge is 0.492 e. The van der Waals surface area contributed by atoms with Crippen molar-refractivity contribution in [1.82, 2.24) is 4.90 Å². The molecule has 0 amide bonds. The second-order valence-corrected chi connectivity index (χ2v) is 4.73. The number of hydrogen-bond acceptors (Lipinski definition) is 3. The molecule has 0 N–H and O–H groups in total. The van der Waals surface area contributed by atoms with Gasteiger partial charge in [-0.05, 0) is 34.1 Å². The smallest absolute Gasteiger partial charge is 0.137 e. The summed E-state index contributed by atoms with van der Waals surface area (Å²) < 4.78 is 24.2. The Morgan fingerprint density at radius 1 is 1.35 bits per heavy atom. The van der Waals surface area contributed by atoms with Crippen molar-refractivity contribution in [2.24, 2.45) is 0 Å². The number of rotatable bonds is 4. The van der Waals surface area contributed by atoms with Crippen LogP contribution in [-0.4, -0.2) is 44.4 Å². The molecule has 17 heavy (non-hydrogen) atoms. The van der Waals surface area contributed by atoms with Crippen LogP contribution < -0.4 is 4.74 Å². The lowest BCUT2D eigenvalue weighted by Crippen LogP contribution is -2.38. The van der Waals surface area contributed by atoms with E-state index in [1.807, 2.05) is 0 Å². The molecule has 1 saturated heterocycles. The van der Waals surface area contributed by atoms with Crippen LogP contribution in [0.4, 0.5) is 4.39 Å². The Kier molecular flexibility index (Phi) is 4.76. The molecule has 1 aromatic carbocycles. The van der Waals surface area contributed by atoms with Crippen LogP contribution in [0.3, 0.4) is 0 Å². The summed E-state index contributed by atoms with van der Waals surface area (Å²) in [5.41, 5.74) is 0. The summed E-state index contributed by atoms with van der Waals surface area (Å²) >= 11 is 3.13. The van der Waals surface area contributed by atoms with Crippen molar-refractivity contribution >= 4 is 15.9 Å². The lowest BCUT2D eigenvalue weighted by molar-refractivity contribution is 0.0322. The Labute approximate surface area is 109 Å². The maximum atomic E-state index is 13.0. The normalized spacial score (nSPS) is 17.1. The van der Waals surface area contributed by atoms with Crippen molar-refractivity contribution in [1.29, 1.82) is 0 Å². The van der Waals surface area contributed by atoms with Crippen LogP contribution in [0.5, 0.6) is 5.75 Å². The number of hydrogen-bond donors (Lipinski definition) is 0. The summed E-state index contributed by atoms with van der Waals surface area (Å²) in [5.74, 6) is 0.414. The van der Waals surface area contributed by atoms with Crippen molar-refractivity contribution in [2.45, 2.75) is 0 Å². The number of benzene rings is 1. The third-order valence-corrected chi connectivity index (χ3v) is 3.28. The van der Waals surface area contributed by atoms with E-state index in [1.165, 1.54) is 6.07 Å². The first kappa shape index (κ1) is 12.8. The molecular weight excluding hydrogens is 289 g/mol. The SMILES string of the molecule is Fc1ccc(OCCN2CCOCC2)cc1Br. The minimum atomic E-state index is -0.273. The fourth-order valence-corrected chi connectivity index (χ4v) is 2.04. The fourth-order valence-electron chi connectivity index (χ4n) is 1.68. The molecule has 0 aromatic heterocycles. The lowest BCUT2D eigenvalue weighted by atomic mass is 10.3. The van der Waals surface area contributed by atoms with E-state index in [9.17, 15) is 4.39 Å². The highest BCUT2D eigenvalue weighted by Gasteiger charge is 2.09. The van der Waals surface area contributed by atoms with Gasteiger partial charge in [-0.25, -0.2) is 4.39 Å². The van der Waals surface area contributed by atoms with Gasteiger partial charge in [-0.15, -0.1) is 0 Å². The first-order valence-corrected chi connectivity index (χ1v) is 6.43. The van der Waals surface area contributed by atoms with Crippen LogP contribution in [0.25, 0.3) is 0 Å². The molecule has 1 heterocycles. The minimum absolute atomic E-state index is 0.273. The van der Waals surface area contributed by atoms with E-state index in [0.717, 1.165) is 32.8 Å². The topological polar surface area (TPSA) is 21.7 Å². The molecule has 0 atom stereocenters. The van der Waals surface area contributed by atoms with Crippen molar-refractivity contribution in [3.8, 4) is 5.75 Å². The Balaban J connectivity index is 1.75. The standard InChI is InChI=1S/C12H15BrFNO2/c13-11-9-10(1-2-12(11)14)17-8-5-15-3-6-16-7-4-15/h1-2,9H,3-8H2. The number of ether oxygens (including phenoxy) is 2. The van der Waals surface area contributed by atoms with Crippen LogP contribution >= 0.6 is 15.9 Å². The van der Waals surface area contributed by atoms with E-state index in [1.54, 1.807) is 12.1 Å². The molecule has 0 bridgehead atoms. The summed E-state index contributed by atoms with van der Waals surface area (Å²) in [6, 6.07) is 4.68. The van der Waals surface area contributed by atoms with Crippen molar-refractivity contribution in [3.05, 3.63) is 28.5 Å². The van der Waals surface area contributed by atoms with E-state index in [0.29, 0.717) is 16.8 Å². The first-order chi connectivity index (χ1) is 8.25. The molecule has 5 heteroatoms. The quantitative estimate of drug-likeness (QED) is 0.852. The lowest BCUT2D eigenvalue weighted by Gasteiger charge is -2.26. The fraction of sp³-hybridized carbons (Fsp3) is 0.500. The number of morpholine rings is 1. The Hall–Kier alpha value is -0.650. The van der Waals surface area contributed by atoms with E-state index < -0.39 is 0 Å². The molecule has 1 aliphatic heterocycles. The van der Waals surface area contributed by atoms with Crippen LogP contribution in [0.15, 0.2) is 22.7 Å². The zero-order valence-corrected chi connectivity index (χ0v) is 11.1. The van der Waals surface area contributed by atoms with Gasteiger partial charge in [0.2, 0.25) is 0 Å². The third kappa shape index (κ3) is 3.94. The molecule has 1 fully saturated rings. The molecule has 0 aliphatic carbocycles. The Morgan fingerprint density at radius 2 is 2.12 bits per heavy atom. The van der Waals surface area contributed by atoms with Gasteiger partial charge in [-0.3, -0.25) is 4.90 Å². The maximum absolute atomic E-state index is 13.0. The van der Waals surface area contributed by atoms with E-state index >= 15 is 0 Å². The molecule has 94 valence electrons. The maximum Gasteiger partial charge on any atom is 0.137 e. The van der Waals surface area contributed by atoms with Gasteiger partial charge in [0.1, 0.15) is 18.2 Å². The van der Waals surface area contributed by atoms with Gasteiger partial charge in [-0.1, -0.05) is 0 Å². The monoisotopic (exact) mass is 303 g/mol. The minimum Gasteiger partial charge on any atom is -0.492 e. The highest BCUT2D eigenvalue weighted by molar-refractivity contribution is 9.10. The van der Waals surface area contributed by atoms with Gasteiger partial charge >= 0.3 is 0 Å². The summed E-state index contributed by atoms with van der Waals surface area (Å²) in [6.07, 6.45) is 0.